The zero-order chi connectivity index (χ0) is 18.5. The van der Waals surface area contributed by atoms with Crippen LogP contribution in [0.1, 0.15) is 15.9 Å². The number of carbonyl (C=O) groups excluding carboxylic acids is 1. The van der Waals surface area contributed by atoms with Gasteiger partial charge in [0.2, 0.25) is 0 Å². The number of benzene rings is 3. The summed E-state index contributed by atoms with van der Waals surface area (Å²) >= 11 is 0. The Morgan fingerprint density at radius 1 is 0.962 bits per heavy atom. The molecular formula is C20H13N3O3. The smallest absolute Gasteiger partial charge is 0.271 e. The van der Waals surface area contributed by atoms with Gasteiger partial charge in [-0.15, -0.1) is 0 Å². The predicted octanol–water partition coefficient (Wildman–Crippen LogP) is 4.39. The lowest BCUT2D eigenvalue weighted by atomic mass is 9.95. The summed E-state index contributed by atoms with van der Waals surface area (Å²) in [4.78, 5) is 23.1. The van der Waals surface area contributed by atoms with Gasteiger partial charge >= 0.3 is 0 Å². The molecule has 0 aliphatic rings. The van der Waals surface area contributed by atoms with Crippen LogP contribution in [-0.4, -0.2) is 10.8 Å². The molecule has 126 valence electrons. The van der Waals surface area contributed by atoms with Gasteiger partial charge in [0, 0.05) is 28.9 Å². The standard InChI is InChI=1S/C20H13N3O3/c21-13-14-6-1-2-9-17(14)18-10-3-4-11-19(18)20(24)22-15-7-5-8-16(12-15)23(25)26/h1-12H,(H,22,24). The van der Waals surface area contributed by atoms with E-state index in [9.17, 15) is 20.2 Å². The lowest BCUT2D eigenvalue weighted by molar-refractivity contribution is -0.384. The van der Waals surface area contributed by atoms with Crippen molar-refractivity contribution in [1.82, 2.24) is 0 Å². The highest BCUT2D eigenvalue weighted by Crippen LogP contribution is 2.28. The maximum atomic E-state index is 12.7. The zero-order valence-corrected chi connectivity index (χ0v) is 13.5. The number of carbonyl (C=O) groups is 1. The Morgan fingerprint density at radius 2 is 1.65 bits per heavy atom. The van der Waals surface area contributed by atoms with Crippen LogP contribution in [0.4, 0.5) is 11.4 Å². The van der Waals surface area contributed by atoms with Crippen molar-refractivity contribution in [3.05, 3.63) is 94.0 Å². The first-order valence-corrected chi connectivity index (χ1v) is 7.74. The van der Waals surface area contributed by atoms with Gasteiger partial charge in [-0.1, -0.05) is 42.5 Å². The van der Waals surface area contributed by atoms with Crippen molar-refractivity contribution in [2.75, 3.05) is 5.32 Å². The van der Waals surface area contributed by atoms with E-state index in [2.05, 4.69) is 11.4 Å². The monoisotopic (exact) mass is 343 g/mol. The normalized spacial score (nSPS) is 9.96. The summed E-state index contributed by atoms with van der Waals surface area (Å²) in [5, 5.41) is 22.9. The minimum atomic E-state index is -0.521. The Morgan fingerprint density at radius 3 is 2.38 bits per heavy atom. The van der Waals surface area contributed by atoms with Gasteiger partial charge in [-0.05, 0) is 23.8 Å². The number of rotatable bonds is 4. The third kappa shape index (κ3) is 3.42. The predicted molar refractivity (Wildman–Crippen MR) is 97.6 cm³/mol. The number of amides is 1. The highest BCUT2D eigenvalue weighted by atomic mass is 16.6. The first-order valence-electron chi connectivity index (χ1n) is 7.74. The molecule has 0 saturated heterocycles. The Labute approximate surface area is 149 Å². The molecule has 0 bridgehead atoms. The van der Waals surface area contributed by atoms with Crippen molar-refractivity contribution in [2.45, 2.75) is 0 Å². The van der Waals surface area contributed by atoms with Gasteiger partial charge < -0.3 is 5.32 Å². The Kier molecular flexibility index (Phi) is 4.72. The number of nitro benzene ring substituents is 1. The van der Waals surface area contributed by atoms with Crippen LogP contribution in [-0.2, 0) is 0 Å². The van der Waals surface area contributed by atoms with Crippen molar-refractivity contribution in [3.8, 4) is 17.2 Å². The molecule has 26 heavy (non-hydrogen) atoms. The quantitative estimate of drug-likeness (QED) is 0.561. The van der Waals surface area contributed by atoms with Gasteiger partial charge in [0.1, 0.15) is 0 Å². The number of non-ortho nitro benzene ring substituents is 1. The van der Waals surface area contributed by atoms with Crippen molar-refractivity contribution in [3.63, 3.8) is 0 Å². The van der Waals surface area contributed by atoms with Crippen LogP contribution in [0.25, 0.3) is 11.1 Å². The van der Waals surface area contributed by atoms with Crippen LogP contribution >= 0.6 is 0 Å². The van der Waals surface area contributed by atoms with Crippen LogP contribution < -0.4 is 5.32 Å². The minimum absolute atomic E-state index is 0.106. The molecule has 1 amide bonds. The summed E-state index contributed by atoms with van der Waals surface area (Å²) in [6.45, 7) is 0. The van der Waals surface area contributed by atoms with Gasteiger partial charge in [0.15, 0.2) is 0 Å². The molecule has 0 heterocycles. The van der Waals surface area contributed by atoms with Gasteiger partial charge in [-0.3, -0.25) is 14.9 Å². The van der Waals surface area contributed by atoms with E-state index in [0.29, 0.717) is 27.9 Å². The minimum Gasteiger partial charge on any atom is -0.322 e. The molecular weight excluding hydrogens is 330 g/mol. The molecule has 6 nitrogen and oxygen atoms in total. The summed E-state index contributed by atoms with van der Waals surface area (Å²) in [5.74, 6) is -0.408. The van der Waals surface area contributed by atoms with E-state index >= 15 is 0 Å². The molecule has 0 fully saturated rings. The topological polar surface area (TPSA) is 96.0 Å². The molecule has 0 aromatic heterocycles. The second-order valence-electron chi connectivity index (χ2n) is 5.46. The first kappa shape index (κ1) is 16.9. The second kappa shape index (κ2) is 7.28. The maximum Gasteiger partial charge on any atom is 0.271 e. The number of nitrogens with zero attached hydrogens (tertiary/aromatic N) is 2. The van der Waals surface area contributed by atoms with E-state index < -0.39 is 10.8 Å². The molecule has 0 radical (unpaired) electrons. The molecule has 0 saturated carbocycles. The molecule has 3 aromatic rings. The van der Waals surface area contributed by atoms with Crippen LogP contribution in [0.3, 0.4) is 0 Å². The van der Waals surface area contributed by atoms with Crippen molar-refractivity contribution in [2.24, 2.45) is 0 Å². The fraction of sp³-hybridized carbons (Fsp3) is 0. The van der Waals surface area contributed by atoms with E-state index in [0.717, 1.165) is 0 Å². The van der Waals surface area contributed by atoms with Crippen molar-refractivity contribution >= 4 is 17.3 Å². The molecule has 3 aromatic carbocycles. The molecule has 3 rings (SSSR count). The number of nitrogens with one attached hydrogen (secondary N) is 1. The molecule has 0 aliphatic heterocycles. The summed E-state index contributed by atoms with van der Waals surface area (Å²) in [5.41, 5.74) is 2.33. The highest BCUT2D eigenvalue weighted by Gasteiger charge is 2.15. The third-order valence-electron chi connectivity index (χ3n) is 3.82. The Balaban J connectivity index is 1.98. The number of nitriles is 1. The summed E-state index contributed by atoms with van der Waals surface area (Å²) in [6.07, 6.45) is 0. The highest BCUT2D eigenvalue weighted by molar-refractivity contribution is 6.09. The van der Waals surface area contributed by atoms with Gasteiger partial charge in [0.25, 0.3) is 11.6 Å². The molecule has 1 N–H and O–H groups in total. The molecule has 6 heteroatoms. The SMILES string of the molecule is N#Cc1ccccc1-c1ccccc1C(=O)Nc1cccc([N+](=O)[O-])c1. The summed E-state index contributed by atoms with van der Waals surface area (Å²) in [7, 11) is 0. The second-order valence-corrected chi connectivity index (χ2v) is 5.46. The van der Waals surface area contributed by atoms with Gasteiger partial charge in [-0.2, -0.15) is 5.26 Å². The first-order chi connectivity index (χ1) is 12.6. The zero-order valence-electron chi connectivity index (χ0n) is 13.5. The lowest BCUT2D eigenvalue weighted by Gasteiger charge is -2.11. The van der Waals surface area contributed by atoms with Gasteiger partial charge in [0.05, 0.1) is 16.6 Å². The number of hydrogen-bond acceptors (Lipinski definition) is 4. The van der Waals surface area contributed by atoms with Crippen molar-refractivity contribution < 1.29 is 9.72 Å². The van der Waals surface area contributed by atoms with Crippen LogP contribution in [0.15, 0.2) is 72.8 Å². The number of nitro groups is 1. The largest absolute Gasteiger partial charge is 0.322 e. The van der Waals surface area contributed by atoms with Gasteiger partial charge in [-0.25, -0.2) is 0 Å². The fourth-order valence-corrected chi connectivity index (χ4v) is 2.63. The van der Waals surface area contributed by atoms with Crippen molar-refractivity contribution in [1.29, 1.82) is 5.26 Å². The Bertz CT molecular complexity index is 1040. The fourth-order valence-electron chi connectivity index (χ4n) is 2.63. The van der Waals surface area contributed by atoms with E-state index in [4.69, 9.17) is 0 Å². The Hall–Kier alpha value is -3.98. The average Bonchev–Trinajstić information content (AvgIpc) is 2.68. The summed E-state index contributed by atoms with van der Waals surface area (Å²) in [6, 6.07) is 21.8. The molecule has 0 atom stereocenters. The molecule has 0 aliphatic carbocycles. The van der Waals surface area contributed by atoms with E-state index in [1.54, 1.807) is 54.6 Å². The number of anilines is 1. The molecule has 0 spiro atoms. The number of hydrogen-bond donors (Lipinski definition) is 1. The summed E-state index contributed by atoms with van der Waals surface area (Å²) < 4.78 is 0. The van der Waals surface area contributed by atoms with E-state index in [1.165, 1.54) is 18.2 Å². The maximum absolute atomic E-state index is 12.7. The van der Waals surface area contributed by atoms with Crippen LogP contribution in [0.2, 0.25) is 0 Å². The van der Waals surface area contributed by atoms with E-state index in [-0.39, 0.29) is 5.69 Å². The lowest BCUT2D eigenvalue weighted by Crippen LogP contribution is -2.13. The average molecular weight is 343 g/mol. The third-order valence-corrected chi connectivity index (χ3v) is 3.82. The van der Waals surface area contributed by atoms with Crippen LogP contribution in [0, 0.1) is 21.4 Å². The van der Waals surface area contributed by atoms with Crippen LogP contribution in [0.5, 0.6) is 0 Å². The molecule has 0 unspecified atom stereocenters. The van der Waals surface area contributed by atoms with E-state index in [1.807, 2.05) is 0 Å².